The Morgan fingerprint density at radius 3 is 2.45 bits per heavy atom. The van der Waals surface area contributed by atoms with Crippen LogP contribution in [0, 0.1) is 6.92 Å². The van der Waals surface area contributed by atoms with Gasteiger partial charge in [0, 0.05) is 43.9 Å². The average Bonchev–Trinajstić information content (AvgIpc) is 3.35. The second-order valence-electron chi connectivity index (χ2n) is 10.9. The van der Waals surface area contributed by atoms with Gasteiger partial charge in [-0.2, -0.15) is 0 Å². The van der Waals surface area contributed by atoms with Crippen molar-refractivity contribution in [3.8, 4) is 16.9 Å². The number of rotatable bonds is 7. The van der Waals surface area contributed by atoms with Gasteiger partial charge in [0.2, 0.25) is 0 Å². The fourth-order valence-electron chi connectivity index (χ4n) is 6.37. The lowest BCUT2D eigenvalue weighted by Gasteiger charge is -2.43. The molecule has 1 unspecified atom stereocenters. The lowest BCUT2D eigenvalue weighted by Crippen LogP contribution is -2.53. The minimum atomic E-state index is -0.366. The molecule has 6 rings (SSSR count). The van der Waals surface area contributed by atoms with Gasteiger partial charge in [0.15, 0.2) is 6.29 Å². The van der Waals surface area contributed by atoms with E-state index in [1.165, 1.54) is 0 Å². The van der Waals surface area contributed by atoms with E-state index in [0.29, 0.717) is 17.8 Å². The number of aryl methyl sites for hydroxylation is 1. The maximum absolute atomic E-state index is 14.7. The van der Waals surface area contributed by atoms with Crippen molar-refractivity contribution >= 4 is 17.9 Å². The maximum atomic E-state index is 14.7. The number of methoxy groups -OCH3 is 1. The Labute approximate surface area is 247 Å². The topological polar surface area (TPSA) is 58.0 Å². The van der Waals surface area contributed by atoms with Crippen molar-refractivity contribution in [1.29, 1.82) is 0 Å². The molecule has 0 spiro atoms. The highest BCUT2D eigenvalue weighted by molar-refractivity contribution is 6.07. The molecule has 0 bridgehead atoms. The first-order chi connectivity index (χ1) is 20.5. The number of para-hydroxylation sites is 2. The zero-order chi connectivity index (χ0) is 29.2. The van der Waals surface area contributed by atoms with Crippen molar-refractivity contribution in [2.75, 3.05) is 44.7 Å². The fraction of sp³-hybridized carbons (Fsp3) is 0.257. The molecular formula is C35H36N4O3. The molecule has 1 saturated heterocycles. The molecule has 1 aromatic heterocycles. The maximum Gasteiger partial charge on any atom is 0.259 e. The van der Waals surface area contributed by atoms with Gasteiger partial charge in [0.1, 0.15) is 11.9 Å². The van der Waals surface area contributed by atoms with Gasteiger partial charge in [-0.05, 0) is 60.0 Å². The third-order valence-electron chi connectivity index (χ3n) is 8.49. The van der Waals surface area contributed by atoms with E-state index in [-0.39, 0.29) is 12.1 Å². The number of anilines is 1. The number of hydrogen-bond donors (Lipinski definition) is 0. The standard InChI is InChI=1S/C35H36N4O3/c1-4-17-36-18-20-37(21-19-36)34-32-16-14-28(24-40)38(32)23-27-9-5-7-11-31(27)39(34)35(41)26-13-15-29(25(2)22-26)30-10-6-8-12-33(30)42-3/h4-16,22,24,34H,1,17-21,23H2,2-3H3. The van der Waals surface area contributed by atoms with Crippen molar-refractivity contribution in [1.82, 2.24) is 14.4 Å². The molecule has 42 heavy (non-hydrogen) atoms. The van der Waals surface area contributed by atoms with Crippen molar-refractivity contribution in [2.24, 2.45) is 0 Å². The Morgan fingerprint density at radius 2 is 1.71 bits per heavy atom. The summed E-state index contributed by atoms with van der Waals surface area (Å²) in [5, 5.41) is 0. The first-order valence-corrected chi connectivity index (χ1v) is 14.4. The van der Waals surface area contributed by atoms with Crippen molar-refractivity contribution in [2.45, 2.75) is 19.6 Å². The van der Waals surface area contributed by atoms with E-state index in [2.05, 4.69) is 27.0 Å². The summed E-state index contributed by atoms with van der Waals surface area (Å²) < 4.78 is 7.68. The van der Waals surface area contributed by atoms with Gasteiger partial charge in [-0.1, -0.05) is 48.5 Å². The van der Waals surface area contributed by atoms with Gasteiger partial charge in [-0.15, -0.1) is 6.58 Å². The minimum absolute atomic E-state index is 0.0713. The predicted molar refractivity (Wildman–Crippen MR) is 166 cm³/mol. The average molecular weight is 561 g/mol. The smallest absolute Gasteiger partial charge is 0.259 e. The zero-order valence-corrected chi connectivity index (χ0v) is 24.2. The van der Waals surface area contributed by atoms with E-state index < -0.39 is 0 Å². The SMILES string of the molecule is C=CCN1CCN(C2c3ccc(C=O)n3Cc3ccccc3N2C(=O)c2ccc(-c3ccccc3OC)c(C)c2)CC1. The molecule has 2 aliphatic heterocycles. The number of carbonyl (C=O) groups is 2. The van der Waals surface area contributed by atoms with Crippen molar-refractivity contribution in [3.05, 3.63) is 120 Å². The van der Waals surface area contributed by atoms with Crippen LogP contribution in [0.4, 0.5) is 5.69 Å². The minimum Gasteiger partial charge on any atom is -0.496 e. The van der Waals surface area contributed by atoms with Crippen LogP contribution in [-0.2, 0) is 6.54 Å². The lowest BCUT2D eigenvalue weighted by atomic mass is 9.97. The number of benzene rings is 3. The second kappa shape index (κ2) is 11.8. The normalized spacial score (nSPS) is 17.2. The Bertz CT molecular complexity index is 1630. The van der Waals surface area contributed by atoms with Crippen molar-refractivity contribution in [3.63, 3.8) is 0 Å². The highest BCUT2D eigenvalue weighted by Crippen LogP contribution is 2.40. The monoisotopic (exact) mass is 560 g/mol. The van der Waals surface area contributed by atoms with Crippen molar-refractivity contribution < 1.29 is 14.3 Å². The molecule has 0 aliphatic carbocycles. The molecule has 4 aromatic rings. The molecule has 1 fully saturated rings. The number of ether oxygens (including phenoxy) is 1. The number of nitrogens with zero attached hydrogens (tertiary/aromatic N) is 4. The van der Waals surface area contributed by atoms with Crippen LogP contribution >= 0.6 is 0 Å². The predicted octanol–water partition coefficient (Wildman–Crippen LogP) is 5.80. The molecule has 1 amide bonds. The summed E-state index contributed by atoms with van der Waals surface area (Å²) in [6.45, 7) is 10.6. The second-order valence-corrected chi connectivity index (χ2v) is 10.9. The molecule has 3 heterocycles. The van der Waals surface area contributed by atoms with Gasteiger partial charge in [-0.25, -0.2) is 0 Å². The summed E-state index contributed by atoms with van der Waals surface area (Å²) in [7, 11) is 1.67. The van der Waals surface area contributed by atoms with Gasteiger partial charge in [-0.3, -0.25) is 24.3 Å². The van der Waals surface area contributed by atoms with E-state index >= 15 is 0 Å². The molecular weight excluding hydrogens is 524 g/mol. The zero-order valence-electron chi connectivity index (χ0n) is 24.2. The van der Waals surface area contributed by atoms with Crippen LogP contribution in [0.2, 0.25) is 0 Å². The number of amides is 1. The first-order valence-electron chi connectivity index (χ1n) is 14.4. The number of aromatic nitrogens is 1. The number of fused-ring (bicyclic) bond motifs is 2. The van der Waals surface area contributed by atoms with Crippen LogP contribution in [0.25, 0.3) is 11.1 Å². The Kier molecular flexibility index (Phi) is 7.78. The van der Waals surface area contributed by atoms with Crippen LogP contribution in [0.5, 0.6) is 5.75 Å². The van der Waals surface area contributed by atoms with Crippen LogP contribution < -0.4 is 9.64 Å². The fourth-order valence-corrected chi connectivity index (χ4v) is 6.37. The molecule has 0 radical (unpaired) electrons. The lowest BCUT2D eigenvalue weighted by molar-refractivity contribution is 0.0793. The number of hydrogen-bond acceptors (Lipinski definition) is 5. The van der Waals surface area contributed by atoms with E-state index in [9.17, 15) is 9.59 Å². The summed E-state index contributed by atoms with van der Waals surface area (Å²) in [6.07, 6.45) is 2.48. The number of piperazine rings is 1. The highest BCUT2D eigenvalue weighted by atomic mass is 16.5. The molecule has 7 nitrogen and oxygen atoms in total. The van der Waals surface area contributed by atoms with Gasteiger partial charge >= 0.3 is 0 Å². The Hall–Kier alpha value is -4.46. The number of carbonyl (C=O) groups excluding carboxylic acids is 2. The number of aldehydes is 1. The quantitative estimate of drug-likeness (QED) is 0.211. The molecule has 1 atom stereocenters. The van der Waals surface area contributed by atoms with Crippen LogP contribution in [0.3, 0.4) is 0 Å². The molecule has 2 aliphatic rings. The largest absolute Gasteiger partial charge is 0.496 e. The first kappa shape index (κ1) is 27.7. The summed E-state index contributed by atoms with van der Waals surface area (Å²) >= 11 is 0. The molecule has 214 valence electrons. The highest BCUT2D eigenvalue weighted by Gasteiger charge is 2.39. The molecule has 0 saturated carbocycles. The Morgan fingerprint density at radius 1 is 0.952 bits per heavy atom. The Balaban J connectivity index is 1.45. The van der Waals surface area contributed by atoms with Crippen LogP contribution in [0.1, 0.15) is 43.8 Å². The third-order valence-corrected chi connectivity index (χ3v) is 8.49. The molecule has 7 heteroatoms. The molecule has 3 aromatic carbocycles. The van der Waals surface area contributed by atoms with Crippen LogP contribution in [0.15, 0.2) is 91.5 Å². The van der Waals surface area contributed by atoms with Gasteiger partial charge in [0.05, 0.1) is 30.7 Å². The third kappa shape index (κ3) is 4.95. The molecule has 0 N–H and O–H groups in total. The van der Waals surface area contributed by atoms with E-state index in [0.717, 1.165) is 78.4 Å². The summed E-state index contributed by atoms with van der Waals surface area (Å²) in [6, 6.07) is 25.8. The van der Waals surface area contributed by atoms with E-state index in [1.807, 2.05) is 90.7 Å². The van der Waals surface area contributed by atoms with Gasteiger partial charge < -0.3 is 9.30 Å². The summed E-state index contributed by atoms with van der Waals surface area (Å²) in [4.78, 5) is 33.5. The van der Waals surface area contributed by atoms with E-state index in [1.54, 1.807) is 7.11 Å². The van der Waals surface area contributed by atoms with Crippen LogP contribution in [-0.4, -0.2) is 66.4 Å². The summed E-state index contributed by atoms with van der Waals surface area (Å²) in [5.41, 5.74) is 7.06. The van der Waals surface area contributed by atoms with E-state index in [4.69, 9.17) is 4.74 Å². The summed E-state index contributed by atoms with van der Waals surface area (Å²) in [5.74, 6) is 0.724. The van der Waals surface area contributed by atoms with Gasteiger partial charge in [0.25, 0.3) is 5.91 Å².